The van der Waals surface area contributed by atoms with Crippen molar-refractivity contribution in [1.82, 2.24) is 9.80 Å². The van der Waals surface area contributed by atoms with E-state index < -0.39 is 17.6 Å². The minimum atomic E-state index is -4.76. The monoisotopic (exact) mass is 467 g/mol. The topological polar surface area (TPSA) is 26.8 Å². The molecule has 3 aromatic carbocycles. The maximum Gasteiger partial charge on any atom is 0.420 e. The van der Waals surface area contributed by atoms with E-state index in [2.05, 4.69) is 4.90 Å². The van der Waals surface area contributed by atoms with Gasteiger partial charge in [0.2, 0.25) is 5.54 Å². The van der Waals surface area contributed by atoms with Gasteiger partial charge in [0.05, 0.1) is 0 Å². The van der Waals surface area contributed by atoms with Gasteiger partial charge in [-0.1, -0.05) is 72.8 Å². The highest BCUT2D eigenvalue weighted by molar-refractivity contribution is 5.89. The van der Waals surface area contributed by atoms with Crippen molar-refractivity contribution in [3.05, 3.63) is 102 Å². The number of hydrogen-bond acceptors (Lipinski definition) is 3. The predicted molar refractivity (Wildman–Crippen MR) is 127 cm³/mol. The first kappa shape index (κ1) is 23.8. The van der Waals surface area contributed by atoms with Crippen LogP contribution in [-0.4, -0.2) is 49.1 Å². The third kappa shape index (κ3) is 4.40. The summed E-state index contributed by atoms with van der Waals surface area (Å²) in [6, 6.07) is 26.1. The maximum absolute atomic E-state index is 14.5. The van der Waals surface area contributed by atoms with Gasteiger partial charge in [-0.05, 0) is 35.9 Å². The van der Waals surface area contributed by atoms with Crippen molar-refractivity contribution < 1.29 is 18.0 Å². The van der Waals surface area contributed by atoms with Crippen molar-refractivity contribution in [2.45, 2.75) is 24.8 Å². The minimum Gasteiger partial charge on any atom is -0.363 e. The number of hydrogen-bond donors (Lipinski definition) is 0. The zero-order chi connectivity index (χ0) is 24.3. The van der Waals surface area contributed by atoms with Gasteiger partial charge < -0.3 is 9.80 Å². The molecule has 0 N–H and O–H groups in total. The molecule has 1 aliphatic heterocycles. The number of halogens is 3. The molecule has 34 heavy (non-hydrogen) atoms. The Kier molecular flexibility index (Phi) is 6.66. The molecule has 0 radical (unpaired) electrons. The summed E-state index contributed by atoms with van der Waals surface area (Å²) in [5.41, 5.74) is 0.216. The molecule has 0 spiro atoms. The molecule has 0 aromatic heterocycles. The molecule has 178 valence electrons. The van der Waals surface area contributed by atoms with E-state index in [4.69, 9.17) is 0 Å². The first-order chi connectivity index (χ1) is 16.2. The largest absolute Gasteiger partial charge is 0.420 e. The molecular formula is C27H28F3N3O. The molecule has 1 saturated heterocycles. The number of piperazine rings is 1. The maximum atomic E-state index is 14.5. The summed E-state index contributed by atoms with van der Waals surface area (Å²) in [7, 11) is 2.79. The third-order valence-electron chi connectivity index (χ3n) is 6.49. The lowest BCUT2D eigenvalue weighted by atomic mass is 9.84. The number of likely N-dealkylation sites (N-methyl/N-ethyl adjacent to an activating group) is 2. The van der Waals surface area contributed by atoms with Crippen LogP contribution < -0.4 is 4.90 Å². The second kappa shape index (κ2) is 9.50. The zero-order valence-corrected chi connectivity index (χ0v) is 19.3. The Morgan fingerprint density at radius 1 is 0.794 bits per heavy atom. The first-order valence-corrected chi connectivity index (χ1v) is 11.2. The standard InChI is InChI=1S/C27H28F3N3O/c1-31-17-18-32(2)26(25(31)34,27(28,29)30)23-13-15-24(16-14-23)33(19-21-9-5-3-6-10-21)20-22-11-7-4-8-12-22/h3-16H,17-20H2,1-2H3. The number of carbonyl (C=O) groups is 1. The second-order valence-electron chi connectivity index (χ2n) is 8.73. The summed E-state index contributed by atoms with van der Waals surface area (Å²) >= 11 is 0. The van der Waals surface area contributed by atoms with Gasteiger partial charge in [-0.2, -0.15) is 13.2 Å². The molecule has 1 aliphatic rings. The molecular weight excluding hydrogens is 439 g/mol. The molecule has 7 heteroatoms. The van der Waals surface area contributed by atoms with Crippen molar-refractivity contribution in [1.29, 1.82) is 0 Å². The van der Waals surface area contributed by atoms with E-state index in [1.54, 1.807) is 12.1 Å². The first-order valence-electron chi connectivity index (χ1n) is 11.2. The fourth-order valence-electron chi connectivity index (χ4n) is 4.61. The fraction of sp³-hybridized carbons (Fsp3) is 0.296. The molecule has 0 aliphatic carbocycles. The van der Waals surface area contributed by atoms with Crippen LogP contribution in [0.5, 0.6) is 0 Å². The van der Waals surface area contributed by atoms with Gasteiger partial charge in [0.1, 0.15) is 0 Å². The third-order valence-corrected chi connectivity index (χ3v) is 6.49. The molecule has 1 heterocycles. The quantitative estimate of drug-likeness (QED) is 0.507. The van der Waals surface area contributed by atoms with Crippen molar-refractivity contribution >= 4 is 11.6 Å². The SMILES string of the molecule is CN1CCN(C)C(c2ccc(N(Cc3ccccc3)Cc3ccccc3)cc2)(C(F)(F)F)C1=O. The van der Waals surface area contributed by atoms with Crippen LogP contribution in [0.15, 0.2) is 84.9 Å². The molecule has 0 bridgehead atoms. The number of alkyl halides is 3. The summed E-state index contributed by atoms with van der Waals surface area (Å²) in [6.45, 7) is 1.59. The van der Waals surface area contributed by atoms with Crippen LogP contribution in [0.1, 0.15) is 16.7 Å². The Balaban J connectivity index is 1.72. The fourth-order valence-corrected chi connectivity index (χ4v) is 4.61. The summed E-state index contributed by atoms with van der Waals surface area (Å²) in [4.78, 5) is 17.4. The van der Waals surface area contributed by atoms with E-state index >= 15 is 0 Å². The van der Waals surface area contributed by atoms with Crippen molar-refractivity contribution in [3.63, 3.8) is 0 Å². The Hall–Kier alpha value is -3.32. The van der Waals surface area contributed by atoms with Gasteiger partial charge in [0.25, 0.3) is 5.91 Å². The van der Waals surface area contributed by atoms with E-state index in [9.17, 15) is 18.0 Å². The molecule has 4 rings (SSSR count). The lowest BCUT2D eigenvalue weighted by Gasteiger charge is -2.47. The van der Waals surface area contributed by atoms with Gasteiger partial charge in [0.15, 0.2) is 0 Å². The average Bonchev–Trinajstić information content (AvgIpc) is 2.82. The second-order valence-corrected chi connectivity index (χ2v) is 8.73. The molecule has 4 nitrogen and oxygen atoms in total. The van der Waals surface area contributed by atoms with Crippen LogP contribution in [0.3, 0.4) is 0 Å². The van der Waals surface area contributed by atoms with Crippen LogP contribution in [0.2, 0.25) is 0 Å². The molecule has 1 amide bonds. The minimum absolute atomic E-state index is 0.0674. The Bertz CT molecular complexity index is 1060. The number of amides is 1. The van der Waals surface area contributed by atoms with E-state index in [0.717, 1.165) is 21.7 Å². The van der Waals surface area contributed by atoms with Crippen LogP contribution >= 0.6 is 0 Å². The molecule has 1 fully saturated rings. The zero-order valence-electron chi connectivity index (χ0n) is 19.3. The Morgan fingerprint density at radius 3 is 1.76 bits per heavy atom. The smallest absolute Gasteiger partial charge is 0.363 e. The highest BCUT2D eigenvalue weighted by Gasteiger charge is 2.66. The molecule has 1 atom stereocenters. The van der Waals surface area contributed by atoms with Crippen molar-refractivity contribution in [2.75, 3.05) is 32.1 Å². The van der Waals surface area contributed by atoms with Crippen LogP contribution in [-0.2, 0) is 23.4 Å². The van der Waals surface area contributed by atoms with Crippen LogP contribution in [0, 0.1) is 0 Å². The molecule has 1 unspecified atom stereocenters. The summed E-state index contributed by atoms with van der Waals surface area (Å²) < 4.78 is 43.5. The summed E-state index contributed by atoms with van der Waals surface area (Å²) in [5.74, 6) is -0.952. The Morgan fingerprint density at radius 2 is 1.29 bits per heavy atom. The van der Waals surface area contributed by atoms with Gasteiger partial charge >= 0.3 is 6.18 Å². The summed E-state index contributed by atoms with van der Waals surface area (Å²) in [6.07, 6.45) is -4.76. The number of nitrogens with zero attached hydrogens (tertiary/aromatic N) is 3. The van der Waals surface area contributed by atoms with E-state index in [1.165, 1.54) is 31.1 Å². The number of benzene rings is 3. The highest BCUT2D eigenvalue weighted by atomic mass is 19.4. The van der Waals surface area contributed by atoms with E-state index in [0.29, 0.717) is 13.1 Å². The van der Waals surface area contributed by atoms with E-state index in [1.807, 2.05) is 60.7 Å². The van der Waals surface area contributed by atoms with E-state index in [-0.39, 0.29) is 18.7 Å². The van der Waals surface area contributed by atoms with Gasteiger partial charge in [0, 0.05) is 38.9 Å². The van der Waals surface area contributed by atoms with Gasteiger partial charge in [-0.3, -0.25) is 9.69 Å². The van der Waals surface area contributed by atoms with Gasteiger partial charge in [-0.25, -0.2) is 0 Å². The average molecular weight is 468 g/mol. The molecule has 0 saturated carbocycles. The highest BCUT2D eigenvalue weighted by Crippen LogP contribution is 2.46. The summed E-state index contributed by atoms with van der Waals surface area (Å²) in [5, 5.41) is 0. The molecule has 3 aromatic rings. The van der Waals surface area contributed by atoms with Gasteiger partial charge in [-0.15, -0.1) is 0 Å². The van der Waals surface area contributed by atoms with Crippen molar-refractivity contribution in [3.8, 4) is 0 Å². The van der Waals surface area contributed by atoms with Crippen LogP contribution in [0.25, 0.3) is 0 Å². The number of rotatable bonds is 6. The van der Waals surface area contributed by atoms with Crippen LogP contribution in [0.4, 0.5) is 18.9 Å². The predicted octanol–water partition coefficient (Wildman–Crippen LogP) is 5.05. The number of anilines is 1. The normalized spacial score (nSPS) is 19.3. The number of carbonyl (C=O) groups excluding carboxylic acids is 1. The Labute approximate surface area is 198 Å². The lowest BCUT2D eigenvalue weighted by molar-refractivity contribution is -0.241. The lowest BCUT2D eigenvalue weighted by Crippen LogP contribution is -2.68. The van der Waals surface area contributed by atoms with Crippen molar-refractivity contribution in [2.24, 2.45) is 0 Å².